The molecule has 6 N–H and O–H groups in total. The van der Waals surface area contributed by atoms with Crippen LogP contribution in [0.25, 0.3) is 0 Å². The average molecular weight is 334 g/mol. The first-order valence-electron chi connectivity index (χ1n) is 3.66. The summed E-state index contributed by atoms with van der Waals surface area (Å²) in [6.45, 7) is 0. The van der Waals surface area contributed by atoms with Gasteiger partial charge < -0.3 is 0 Å². The van der Waals surface area contributed by atoms with E-state index in [1.54, 1.807) is 0 Å². The van der Waals surface area contributed by atoms with Crippen molar-refractivity contribution in [2.24, 2.45) is 11.5 Å². The molecule has 8 heteroatoms. The molecule has 0 aliphatic carbocycles. The molecule has 0 radical (unpaired) electrons. The van der Waals surface area contributed by atoms with Crippen LogP contribution in [0.4, 0.5) is 0 Å². The molecule has 0 aliphatic rings. The molecule has 0 aromatic rings. The minimum absolute atomic E-state index is 0.109. The summed E-state index contributed by atoms with van der Waals surface area (Å²) >= 11 is 0.218. The van der Waals surface area contributed by atoms with Crippen LogP contribution in [0.5, 0.6) is 0 Å². The van der Waals surface area contributed by atoms with Crippen molar-refractivity contribution >= 4 is 38.2 Å². The van der Waals surface area contributed by atoms with Gasteiger partial charge in [0, 0.05) is 0 Å². The Morgan fingerprint density at radius 1 is 1.00 bits per heavy atom. The number of carboxylic acids is 2. The zero-order chi connectivity index (χ0) is 11.1. The van der Waals surface area contributed by atoms with Crippen molar-refractivity contribution in [3.63, 3.8) is 0 Å². The number of carboxylic acid groups (broad SMARTS) is 2. The summed E-state index contributed by atoms with van der Waals surface area (Å²) in [6.07, 6.45) is 0. The fraction of sp³-hybridized carbons (Fsp3) is 0.667. The average Bonchev–Trinajstić information content (AvgIpc) is 2.11. The standard InChI is InChI=1S/C6H12N2O4Se2/c7-3(5(9)10)1-13-14-2-4(8)6(11)12/h3-4H,1-2,7-8H2,(H,9,10)(H,11,12)/t3-,4+. The molecule has 0 fully saturated rings. The molecule has 82 valence electrons. The number of carbonyl (C=O) groups is 2. The van der Waals surface area contributed by atoms with Gasteiger partial charge in [-0.2, -0.15) is 0 Å². The Labute approximate surface area is 92.3 Å². The van der Waals surface area contributed by atoms with Gasteiger partial charge in [0.2, 0.25) is 0 Å². The molecule has 0 aromatic heterocycles. The van der Waals surface area contributed by atoms with Gasteiger partial charge >= 0.3 is 92.2 Å². The first kappa shape index (κ1) is 13.9. The van der Waals surface area contributed by atoms with E-state index >= 15 is 0 Å². The van der Waals surface area contributed by atoms with E-state index in [0.717, 1.165) is 0 Å². The fourth-order valence-corrected chi connectivity index (χ4v) is 7.30. The summed E-state index contributed by atoms with van der Waals surface area (Å²) in [5.74, 6) is -2.02. The molecular weight excluding hydrogens is 322 g/mol. The van der Waals surface area contributed by atoms with Crippen LogP contribution in [0.3, 0.4) is 0 Å². The van der Waals surface area contributed by atoms with Crippen LogP contribution in [0, 0.1) is 0 Å². The molecule has 2 atom stereocenters. The molecule has 0 bridgehead atoms. The van der Waals surface area contributed by atoms with Gasteiger partial charge in [0.15, 0.2) is 0 Å². The van der Waals surface area contributed by atoms with Gasteiger partial charge in [0.1, 0.15) is 0 Å². The zero-order valence-corrected chi connectivity index (χ0v) is 10.7. The predicted molar refractivity (Wildman–Crippen MR) is 52.3 cm³/mol. The van der Waals surface area contributed by atoms with Gasteiger partial charge in [-0.1, -0.05) is 0 Å². The van der Waals surface area contributed by atoms with Crippen LogP contribution in [-0.2, 0) is 9.59 Å². The predicted octanol–water partition coefficient (Wildman–Crippen LogP) is -2.03. The normalized spacial score (nSPS) is 14.7. The van der Waals surface area contributed by atoms with E-state index in [1.165, 1.54) is 0 Å². The van der Waals surface area contributed by atoms with Gasteiger partial charge in [-0.05, 0) is 0 Å². The third-order valence-corrected chi connectivity index (χ3v) is 8.42. The summed E-state index contributed by atoms with van der Waals surface area (Å²) in [4.78, 5) is 20.6. The second-order valence-corrected chi connectivity index (χ2v) is 9.99. The van der Waals surface area contributed by atoms with Crippen LogP contribution in [-0.4, -0.2) is 60.5 Å². The Balaban J connectivity index is 3.47. The van der Waals surface area contributed by atoms with Crippen molar-refractivity contribution in [1.29, 1.82) is 0 Å². The molecule has 14 heavy (non-hydrogen) atoms. The van der Waals surface area contributed by atoms with Gasteiger partial charge in [-0.25, -0.2) is 0 Å². The van der Waals surface area contributed by atoms with Gasteiger partial charge in [-0.3, -0.25) is 0 Å². The Bertz CT molecular complexity index is 192. The summed E-state index contributed by atoms with van der Waals surface area (Å²) in [6, 6.07) is -1.64. The van der Waals surface area contributed by atoms with Crippen LogP contribution < -0.4 is 11.5 Å². The van der Waals surface area contributed by atoms with E-state index in [1.807, 2.05) is 0 Å². The molecule has 0 aliphatic heterocycles. The third-order valence-electron chi connectivity index (χ3n) is 1.21. The summed E-state index contributed by atoms with van der Waals surface area (Å²) in [5, 5.41) is 17.8. The fourth-order valence-electron chi connectivity index (χ4n) is 0.385. The minimum atomic E-state index is -1.01. The van der Waals surface area contributed by atoms with Gasteiger partial charge in [0.25, 0.3) is 0 Å². The number of rotatable bonds is 7. The summed E-state index contributed by atoms with van der Waals surface area (Å²) in [5.41, 5.74) is 10.5. The van der Waals surface area contributed by atoms with E-state index in [4.69, 9.17) is 21.7 Å². The van der Waals surface area contributed by atoms with E-state index < -0.39 is 24.0 Å². The zero-order valence-electron chi connectivity index (χ0n) is 7.25. The monoisotopic (exact) mass is 336 g/mol. The molecule has 0 aromatic carbocycles. The van der Waals surface area contributed by atoms with Crippen molar-refractivity contribution in [2.45, 2.75) is 22.7 Å². The summed E-state index contributed by atoms with van der Waals surface area (Å²) < 4.78 is 0. The molecule has 0 unspecified atom stereocenters. The van der Waals surface area contributed by atoms with Crippen LogP contribution in [0.15, 0.2) is 0 Å². The number of hydrogen-bond acceptors (Lipinski definition) is 4. The maximum absolute atomic E-state index is 10.3. The number of nitrogens with two attached hydrogens (primary N) is 2. The molecule has 0 heterocycles. The second-order valence-electron chi connectivity index (χ2n) is 2.46. The second kappa shape index (κ2) is 7.22. The Hall–Kier alpha value is -0.101. The number of aliphatic carboxylic acids is 2. The van der Waals surface area contributed by atoms with Crippen molar-refractivity contribution in [2.75, 3.05) is 0 Å². The van der Waals surface area contributed by atoms with Crippen LogP contribution in [0.2, 0.25) is 10.6 Å². The van der Waals surface area contributed by atoms with Crippen molar-refractivity contribution in [1.82, 2.24) is 0 Å². The van der Waals surface area contributed by atoms with E-state index in [2.05, 4.69) is 0 Å². The molecule has 0 amide bonds. The molecule has 0 spiro atoms. The van der Waals surface area contributed by atoms with Crippen molar-refractivity contribution in [3.05, 3.63) is 0 Å². The van der Waals surface area contributed by atoms with E-state index in [-0.39, 0.29) is 26.3 Å². The maximum atomic E-state index is 10.3. The van der Waals surface area contributed by atoms with Crippen LogP contribution in [0.1, 0.15) is 0 Å². The van der Waals surface area contributed by atoms with Crippen LogP contribution >= 0.6 is 0 Å². The molecule has 0 saturated carbocycles. The molecule has 0 rings (SSSR count). The molecule has 6 nitrogen and oxygen atoms in total. The van der Waals surface area contributed by atoms with Crippen molar-refractivity contribution < 1.29 is 19.8 Å². The van der Waals surface area contributed by atoms with Crippen molar-refractivity contribution in [3.8, 4) is 0 Å². The Morgan fingerprint density at radius 2 is 1.29 bits per heavy atom. The first-order valence-corrected chi connectivity index (χ1v) is 10.4. The number of hydrogen-bond donors (Lipinski definition) is 4. The Kier molecular flexibility index (Phi) is 7.17. The van der Waals surface area contributed by atoms with E-state index in [0.29, 0.717) is 10.6 Å². The third kappa shape index (κ3) is 6.37. The molecule has 0 saturated heterocycles. The Morgan fingerprint density at radius 3 is 1.50 bits per heavy atom. The summed E-state index contributed by atoms with van der Waals surface area (Å²) in [7, 11) is 0. The topological polar surface area (TPSA) is 127 Å². The van der Waals surface area contributed by atoms with Gasteiger partial charge in [0.05, 0.1) is 0 Å². The quantitative estimate of drug-likeness (QED) is 0.314. The van der Waals surface area contributed by atoms with Gasteiger partial charge in [-0.15, -0.1) is 0 Å². The van der Waals surface area contributed by atoms with E-state index in [9.17, 15) is 9.59 Å². The molecular formula is C6H12N2O4Se2. The first-order chi connectivity index (χ1) is 6.45. The SMILES string of the molecule is N[C@H](C[Se][Se]C[C@H](N)C(=O)O)C(=O)O.